The van der Waals surface area contributed by atoms with Crippen molar-refractivity contribution in [3.05, 3.63) is 70.5 Å². The van der Waals surface area contributed by atoms with Crippen LogP contribution in [0, 0.1) is 23.1 Å². The number of halogens is 7. The Hall–Kier alpha value is -2.99. The zero-order chi connectivity index (χ0) is 33.3. The summed E-state index contributed by atoms with van der Waals surface area (Å²) in [6, 6.07) is 6.96. The average Bonchev–Trinajstić information content (AvgIpc) is 3.56. The van der Waals surface area contributed by atoms with E-state index in [2.05, 4.69) is 4.90 Å². The molecule has 1 aliphatic carbocycles. The highest BCUT2D eigenvalue weighted by Crippen LogP contribution is 2.45. The number of likely N-dealkylation sites (tertiary alicyclic amines) is 1. The lowest BCUT2D eigenvalue weighted by molar-refractivity contribution is -0.149. The molecular weight excluding hydrogens is 607 g/mol. The van der Waals surface area contributed by atoms with Gasteiger partial charge in [0.25, 0.3) is 0 Å². The number of ether oxygens (including phenoxy) is 2. The second-order valence-corrected chi connectivity index (χ2v) is 13.1. The topological polar surface area (TPSA) is 55.8 Å². The van der Waals surface area contributed by atoms with Crippen molar-refractivity contribution in [2.45, 2.75) is 77.4 Å². The van der Waals surface area contributed by atoms with Crippen molar-refractivity contribution in [1.82, 2.24) is 4.90 Å². The molecule has 0 spiro atoms. The maximum absolute atomic E-state index is 13.9. The molecule has 1 saturated carbocycles. The lowest BCUT2D eigenvalue weighted by Gasteiger charge is -2.31. The first-order chi connectivity index (χ1) is 20.8. The number of Topliss-reactive ketones (excluding diaryl/α,β-unsaturated/α-hetero) is 1. The third-order valence-electron chi connectivity index (χ3n) is 8.62. The Morgan fingerprint density at radius 2 is 1.51 bits per heavy atom. The van der Waals surface area contributed by atoms with Gasteiger partial charge in [0.05, 0.1) is 17.2 Å². The van der Waals surface area contributed by atoms with Gasteiger partial charge in [0, 0.05) is 37.3 Å². The van der Waals surface area contributed by atoms with Gasteiger partial charge in [0.15, 0.2) is 0 Å². The van der Waals surface area contributed by atoms with E-state index in [1.165, 1.54) is 12.1 Å². The lowest BCUT2D eigenvalue weighted by atomic mass is 9.82. The molecule has 1 aliphatic heterocycles. The van der Waals surface area contributed by atoms with Crippen LogP contribution < -0.4 is 0 Å². The Kier molecular flexibility index (Phi) is 10.4. The van der Waals surface area contributed by atoms with E-state index in [0.717, 1.165) is 6.92 Å². The first-order valence-corrected chi connectivity index (χ1v) is 14.9. The van der Waals surface area contributed by atoms with Crippen LogP contribution in [-0.4, -0.2) is 49.0 Å². The van der Waals surface area contributed by atoms with Crippen LogP contribution in [0.15, 0.2) is 42.5 Å². The highest BCUT2D eigenvalue weighted by Gasteiger charge is 2.43. The maximum Gasteiger partial charge on any atom is 0.416 e. The molecule has 1 heterocycles. The molecule has 4 rings (SSSR count). The Morgan fingerprint density at radius 1 is 0.911 bits per heavy atom. The minimum absolute atomic E-state index is 0.0347. The summed E-state index contributed by atoms with van der Waals surface area (Å²) in [5.74, 6) is -1.63. The highest BCUT2D eigenvalue weighted by atomic mass is 19.4. The fraction of sp³-hybridized carbons (Fsp3) is 0.576. The number of esters is 1. The summed E-state index contributed by atoms with van der Waals surface area (Å²) >= 11 is 0. The molecule has 248 valence electrons. The second kappa shape index (κ2) is 13.4. The number of hydrogen-bond acceptors (Lipinski definition) is 5. The van der Waals surface area contributed by atoms with Crippen LogP contribution in [0.5, 0.6) is 0 Å². The summed E-state index contributed by atoms with van der Waals surface area (Å²) in [5, 5.41) is 0. The van der Waals surface area contributed by atoms with Gasteiger partial charge in [-0.25, -0.2) is 4.39 Å². The molecule has 12 heteroatoms. The van der Waals surface area contributed by atoms with E-state index in [9.17, 15) is 40.3 Å². The zero-order valence-electron chi connectivity index (χ0n) is 25.6. The van der Waals surface area contributed by atoms with E-state index in [0.29, 0.717) is 56.6 Å². The molecule has 0 aromatic heterocycles. The molecule has 1 saturated heterocycles. The molecule has 2 aromatic rings. The summed E-state index contributed by atoms with van der Waals surface area (Å²) < 4.78 is 107. The van der Waals surface area contributed by atoms with Crippen molar-refractivity contribution in [3.63, 3.8) is 0 Å². The number of nitrogens with zero attached hydrogens (tertiary/aromatic N) is 1. The first kappa shape index (κ1) is 34.9. The van der Waals surface area contributed by atoms with Gasteiger partial charge in [-0.05, 0) is 73.2 Å². The summed E-state index contributed by atoms with van der Waals surface area (Å²) in [6.07, 6.45) is -10.5. The molecular formula is C33H38F7NO4. The standard InChI is InChI=1S/C33H38F7NO4/c1-19(42)44-18-28(23-13-24(32(35,36)37)15-25(14-23)33(38,39)40)45-27-10-7-21(29(27)20-5-8-26(34)9-6-20)16-41-12-11-22(17-41)30(43)31(2,3)4/h5-6,8-9,13-15,21-22,27-29H,7,10-12,16-18H2,1-4H3/t21?,22?,27?,28-,29?/m1/s1. The molecule has 0 radical (unpaired) electrons. The highest BCUT2D eigenvalue weighted by molar-refractivity contribution is 5.86. The average molecular weight is 646 g/mol. The monoisotopic (exact) mass is 645 g/mol. The van der Waals surface area contributed by atoms with E-state index in [-0.39, 0.29) is 23.7 Å². The normalized spacial score (nSPS) is 23.7. The van der Waals surface area contributed by atoms with E-state index in [1.807, 2.05) is 20.8 Å². The molecule has 2 aliphatic rings. The third-order valence-corrected chi connectivity index (χ3v) is 8.62. The number of carbonyl (C=O) groups excluding carboxylic acids is 2. The number of hydrogen-bond donors (Lipinski definition) is 0. The molecule has 5 atom stereocenters. The van der Waals surface area contributed by atoms with Gasteiger partial charge in [-0.2, -0.15) is 26.3 Å². The number of alkyl halides is 6. The van der Waals surface area contributed by atoms with Gasteiger partial charge in [-0.3, -0.25) is 9.59 Å². The number of ketones is 1. The van der Waals surface area contributed by atoms with Crippen LogP contribution in [-0.2, 0) is 31.4 Å². The van der Waals surface area contributed by atoms with Gasteiger partial charge < -0.3 is 14.4 Å². The molecule has 0 N–H and O–H groups in total. The zero-order valence-corrected chi connectivity index (χ0v) is 25.6. The van der Waals surface area contributed by atoms with Crippen molar-refractivity contribution in [3.8, 4) is 0 Å². The van der Waals surface area contributed by atoms with Crippen molar-refractivity contribution in [1.29, 1.82) is 0 Å². The van der Waals surface area contributed by atoms with E-state index in [4.69, 9.17) is 9.47 Å². The molecule has 2 aromatic carbocycles. The Morgan fingerprint density at radius 3 is 2.04 bits per heavy atom. The Balaban J connectivity index is 1.65. The summed E-state index contributed by atoms with van der Waals surface area (Å²) in [5.41, 5.74) is -3.21. The van der Waals surface area contributed by atoms with Crippen LogP contribution in [0.25, 0.3) is 0 Å². The summed E-state index contributed by atoms with van der Waals surface area (Å²) in [4.78, 5) is 26.8. The quantitative estimate of drug-likeness (QED) is 0.205. The van der Waals surface area contributed by atoms with E-state index < -0.39 is 71.0 Å². The Bertz CT molecular complexity index is 1320. The molecule has 4 unspecified atom stereocenters. The van der Waals surface area contributed by atoms with Crippen LogP contribution in [0.1, 0.15) is 81.2 Å². The third kappa shape index (κ3) is 8.84. The van der Waals surface area contributed by atoms with Gasteiger partial charge in [0.1, 0.15) is 24.3 Å². The van der Waals surface area contributed by atoms with Crippen LogP contribution >= 0.6 is 0 Å². The fourth-order valence-electron chi connectivity index (χ4n) is 6.51. The van der Waals surface area contributed by atoms with Gasteiger partial charge in [0.2, 0.25) is 0 Å². The van der Waals surface area contributed by atoms with Crippen LogP contribution in [0.2, 0.25) is 0 Å². The summed E-state index contributed by atoms with van der Waals surface area (Å²) in [6.45, 7) is 7.98. The van der Waals surface area contributed by atoms with Gasteiger partial charge >= 0.3 is 18.3 Å². The summed E-state index contributed by atoms with van der Waals surface area (Å²) in [7, 11) is 0. The lowest BCUT2D eigenvalue weighted by Crippen LogP contribution is -2.34. The van der Waals surface area contributed by atoms with Crippen molar-refractivity contribution >= 4 is 11.8 Å². The first-order valence-electron chi connectivity index (χ1n) is 14.9. The number of rotatable bonds is 9. The maximum atomic E-state index is 13.9. The van der Waals surface area contributed by atoms with Crippen LogP contribution in [0.3, 0.4) is 0 Å². The molecule has 2 fully saturated rings. The van der Waals surface area contributed by atoms with Crippen molar-refractivity contribution in [2.75, 3.05) is 26.2 Å². The minimum atomic E-state index is -5.07. The Labute approximate surface area is 258 Å². The molecule has 5 nitrogen and oxygen atoms in total. The molecule has 45 heavy (non-hydrogen) atoms. The minimum Gasteiger partial charge on any atom is -0.463 e. The van der Waals surface area contributed by atoms with Gasteiger partial charge in [-0.1, -0.05) is 32.9 Å². The predicted molar refractivity (Wildman–Crippen MR) is 152 cm³/mol. The molecule has 0 bridgehead atoms. The van der Waals surface area contributed by atoms with Crippen molar-refractivity contribution < 1.29 is 49.8 Å². The van der Waals surface area contributed by atoms with Crippen molar-refractivity contribution in [2.24, 2.45) is 17.3 Å². The van der Waals surface area contributed by atoms with Crippen LogP contribution in [0.4, 0.5) is 30.7 Å². The second-order valence-electron chi connectivity index (χ2n) is 13.1. The van der Waals surface area contributed by atoms with Gasteiger partial charge in [-0.15, -0.1) is 0 Å². The largest absolute Gasteiger partial charge is 0.463 e. The smallest absolute Gasteiger partial charge is 0.416 e. The number of carbonyl (C=O) groups is 2. The fourth-order valence-corrected chi connectivity index (χ4v) is 6.51. The molecule has 0 amide bonds. The van der Waals surface area contributed by atoms with E-state index >= 15 is 0 Å². The predicted octanol–water partition coefficient (Wildman–Crippen LogP) is 7.98. The SMILES string of the molecule is CC(=O)OC[C@@H](OC1CCC(CN2CCC(C(=O)C(C)(C)C)C2)C1c1ccc(F)cc1)c1cc(C(F)(F)F)cc(C(F)(F)F)c1. The van der Waals surface area contributed by atoms with E-state index in [1.54, 1.807) is 12.1 Å². The number of benzene rings is 2.